The second-order valence-corrected chi connectivity index (χ2v) is 4.34. The largest absolute Gasteiger partial charge is 0.317 e. The van der Waals surface area contributed by atoms with Crippen LogP contribution < -0.4 is 5.32 Å². The van der Waals surface area contributed by atoms with E-state index < -0.39 is 0 Å². The second kappa shape index (κ2) is 5.26. The highest BCUT2D eigenvalue weighted by Crippen LogP contribution is 2.22. The predicted molar refractivity (Wildman–Crippen MR) is 62.7 cm³/mol. The zero-order chi connectivity index (χ0) is 11.4. The Morgan fingerprint density at radius 2 is 2.00 bits per heavy atom. The summed E-state index contributed by atoms with van der Waals surface area (Å²) >= 11 is 0. The van der Waals surface area contributed by atoms with Gasteiger partial charge in [0, 0.05) is 6.04 Å². The molecule has 15 heavy (non-hydrogen) atoms. The molecule has 1 aromatic rings. The topological polar surface area (TPSA) is 12.0 Å². The van der Waals surface area contributed by atoms with Crippen LogP contribution >= 0.6 is 0 Å². The van der Waals surface area contributed by atoms with Crippen LogP contribution in [0.15, 0.2) is 18.2 Å². The number of nitrogens with one attached hydrogen (secondary N) is 1. The van der Waals surface area contributed by atoms with Crippen LogP contribution in [0.4, 0.5) is 4.39 Å². The molecule has 0 aliphatic rings. The van der Waals surface area contributed by atoms with Gasteiger partial charge in [-0.15, -0.1) is 0 Å². The maximum Gasteiger partial charge on any atom is 0.126 e. The lowest BCUT2D eigenvalue weighted by molar-refractivity contribution is 0.515. The van der Waals surface area contributed by atoms with E-state index in [1.807, 2.05) is 26.1 Å². The van der Waals surface area contributed by atoms with E-state index in [0.29, 0.717) is 12.0 Å². The Kier molecular flexibility index (Phi) is 4.28. The molecule has 0 fully saturated rings. The minimum Gasteiger partial charge on any atom is -0.317 e. The summed E-state index contributed by atoms with van der Waals surface area (Å²) < 4.78 is 13.1. The van der Waals surface area contributed by atoms with Gasteiger partial charge in [0.25, 0.3) is 0 Å². The summed E-state index contributed by atoms with van der Waals surface area (Å²) in [5.74, 6) is 0.347. The van der Waals surface area contributed by atoms with E-state index >= 15 is 0 Å². The average Bonchev–Trinajstić information content (AvgIpc) is 2.21. The molecule has 2 unspecified atom stereocenters. The van der Waals surface area contributed by atoms with Crippen LogP contribution in [-0.4, -0.2) is 13.1 Å². The highest BCUT2D eigenvalue weighted by atomic mass is 19.1. The summed E-state index contributed by atoms with van der Waals surface area (Å²) in [6, 6.07) is 5.88. The molecular formula is C13H20FN. The summed E-state index contributed by atoms with van der Waals surface area (Å²) in [7, 11) is 1.97. The first-order chi connectivity index (χ1) is 7.04. The van der Waals surface area contributed by atoms with Gasteiger partial charge < -0.3 is 5.32 Å². The molecule has 1 aromatic carbocycles. The minimum atomic E-state index is -0.118. The lowest BCUT2D eigenvalue weighted by Crippen LogP contribution is -2.22. The SMILES string of the molecule is CNC(C)CC(C)c1ccc(F)c(C)c1. The molecule has 0 aliphatic heterocycles. The Morgan fingerprint density at radius 3 is 2.53 bits per heavy atom. The van der Waals surface area contributed by atoms with Crippen molar-refractivity contribution in [2.75, 3.05) is 7.05 Å². The molecule has 0 saturated carbocycles. The lowest BCUT2D eigenvalue weighted by atomic mass is 9.93. The van der Waals surface area contributed by atoms with Crippen LogP contribution in [0.1, 0.15) is 37.3 Å². The first-order valence-electron chi connectivity index (χ1n) is 5.48. The molecule has 0 spiro atoms. The minimum absolute atomic E-state index is 0.118. The summed E-state index contributed by atoms with van der Waals surface area (Å²) in [6.07, 6.45) is 1.07. The Balaban J connectivity index is 2.73. The molecule has 0 radical (unpaired) electrons. The molecule has 1 nitrogen and oxygen atoms in total. The summed E-state index contributed by atoms with van der Waals surface area (Å²) in [5.41, 5.74) is 1.95. The number of rotatable bonds is 4. The van der Waals surface area contributed by atoms with Crippen molar-refractivity contribution in [3.63, 3.8) is 0 Å². The molecule has 2 atom stereocenters. The van der Waals surface area contributed by atoms with E-state index in [2.05, 4.69) is 19.2 Å². The zero-order valence-corrected chi connectivity index (χ0v) is 9.97. The van der Waals surface area contributed by atoms with Gasteiger partial charge in [-0.25, -0.2) is 4.39 Å². The van der Waals surface area contributed by atoms with Crippen LogP contribution in [0.3, 0.4) is 0 Å². The normalized spacial score (nSPS) is 15.0. The maximum absolute atomic E-state index is 13.1. The standard InChI is InChI=1S/C13H20FN/c1-9(7-11(3)15-4)12-5-6-13(14)10(2)8-12/h5-6,8-9,11,15H,7H2,1-4H3. The van der Waals surface area contributed by atoms with E-state index in [9.17, 15) is 4.39 Å². The Bertz CT molecular complexity index is 322. The van der Waals surface area contributed by atoms with E-state index in [1.165, 1.54) is 5.56 Å². The van der Waals surface area contributed by atoms with Crippen LogP contribution in [0, 0.1) is 12.7 Å². The number of hydrogen-bond acceptors (Lipinski definition) is 1. The molecule has 0 amide bonds. The molecule has 84 valence electrons. The van der Waals surface area contributed by atoms with Gasteiger partial charge in [-0.05, 0) is 50.4 Å². The van der Waals surface area contributed by atoms with Gasteiger partial charge in [-0.2, -0.15) is 0 Å². The van der Waals surface area contributed by atoms with Gasteiger partial charge >= 0.3 is 0 Å². The molecule has 0 heterocycles. The monoisotopic (exact) mass is 209 g/mol. The number of hydrogen-bond donors (Lipinski definition) is 1. The molecule has 1 rings (SSSR count). The van der Waals surface area contributed by atoms with E-state index in [0.717, 1.165) is 12.0 Å². The summed E-state index contributed by atoms with van der Waals surface area (Å²) in [6.45, 7) is 6.15. The predicted octanol–water partition coefficient (Wildman–Crippen LogP) is 3.24. The Hall–Kier alpha value is -0.890. The maximum atomic E-state index is 13.1. The molecular weight excluding hydrogens is 189 g/mol. The van der Waals surface area contributed by atoms with Crippen molar-refractivity contribution in [1.82, 2.24) is 5.32 Å². The van der Waals surface area contributed by atoms with Crippen LogP contribution in [0.5, 0.6) is 0 Å². The van der Waals surface area contributed by atoms with Crippen LogP contribution in [-0.2, 0) is 0 Å². The van der Waals surface area contributed by atoms with Gasteiger partial charge in [0.1, 0.15) is 5.82 Å². The summed E-state index contributed by atoms with van der Waals surface area (Å²) in [4.78, 5) is 0. The fourth-order valence-electron chi connectivity index (χ4n) is 1.76. The quantitative estimate of drug-likeness (QED) is 0.802. The van der Waals surface area contributed by atoms with Crippen molar-refractivity contribution in [2.24, 2.45) is 0 Å². The van der Waals surface area contributed by atoms with E-state index in [-0.39, 0.29) is 5.82 Å². The summed E-state index contributed by atoms with van der Waals surface area (Å²) in [5, 5.41) is 3.22. The van der Waals surface area contributed by atoms with Gasteiger partial charge in [0.2, 0.25) is 0 Å². The Morgan fingerprint density at radius 1 is 1.33 bits per heavy atom. The van der Waals surface area contributed by atoms with Crippen molar-refractivity contribution in [1.29, 1.82) is 0 Å². The highest BCUT2D eigenvalue weighted by Gasteiger charge is 2.10. The number of aryl methyl sites for hydroxylation is 1. The zero-order valence-electron chi connectivity index (χ0n) is 9.97. The van der Waals surface area contributed by atoms with Gasteiger partial charge in [0.15, 0.2) is 0 Å². The third-order valence-electron chi connectivity index (χ3n) is 2.95. The van der Waals surface area contributed by atoms with Gasteiger partial charge in [-0.3, -0.25) is 0 Å². The Labute approximate surface area is 91.7 Å². The van der Waals surface area contributed by atoms with E-state index in [1.54, 1.807) is 6.07 Å². The smallest absolute Gasteiger partial charge is 0.126 e. The first kappa shape index (κ1) is 12.2. The molecule has 2 heteroatoms. The van der Waals surface area contributed by atoms with Crippen molar-refractivity contribution >= 4 is 0 Å². The van der Waals surface area contributed by atoms with E-state index in [4.69, 9.17) is 0 Å². The molecule has 0 saturated heterocycles. The number of halogens is 1. The molecule has 0 aliphatic carbocycles. The molecule has 1 N–H and O–H groups in total. The third-order valence-corrected chi connectivity index (χ3v) is 2.95. The van der Waals surface area contributed by atoms with Crippen molar-refractivity contribution in [3.8, 4) is 0 Å². The molecule has 0 aromatic heterocycles. The molecule has 0 bridgehead atoms. The highest BCUT2D eigenvalue weighted by molar-refractivity contribution is 5.26. The second-order valence-electron chi connectivity index (χ2n) is 4.34. The fraction of sp³-hybridized carbons (Fsp3) is 0.538. The van der Waals surface area contributed by atoms with Crippen molar-refractivity contribution in [2.45, 2.75) is 39.2 Å². The fourth-order valence-corrected chi connectivity index (χ4v) is 1.76. The lowest BCUT2D eigenvalue weighted by Gasteiger charge is -2.17. The number of benzene rings is 1. The van der Waals surface area contributed by atoms with Crippen LogP contribution in [0.25, 0.3) is 0 Å². The third kappa shape index (κ3) is 3.31. The van der Waals surface area contributed by atoms with Gasteiger partial charge in [0.05, 0.1) is 0 Å². The van der Waals surface area contributed by atoms with Crippen molar-refractivity contribution in [3.05, 3.63) is 35.1 Å². The van der Waals surface area contributed by atoms with Crippen LogP contribution in [0.2, 0.25) is 0 Å². The average molecular weight is 209 g/mol. The van der Waals surface area contributed by atoms with Gasteiger partial charge in [-0.1, -0.05) is 19.1 Å². The van der Waals surface area contributed by atoms with Crippen molar-refractivity contribution < 1.29 is 4.39 Å². The first-order valence-corrected chi connectivity index (χ1v) is 5.48.